The number of nitrogens with one attached hydrogen (secondary N) is 1. The summed E-state index contributed by atoms with van der Waals surface area (Å²) in [5.74, 6) is 0.582. The topological polar surface area (TPSA) is 51.2 Å². The molecule has 1 amide bonds. The first kappa shape index (κ1) is 18.6. The van der Waals surface area contributed by atoms with E-state index in [1.54, 1.807) is 29.6 Å². The van der Waals surface area contributed by atoms with E-state index in [0.717, 1.165) is 26.0 Å². The number of carbonyl (C=O) groups is 1. The lowest BCUT2D eigenvalue weighted by molar-refractivity contribution is -0.127. The van der Waals surface area contributed by atoms with Crippen molar-refractivity contribution >= 4 is 28.6 Å². The van der Waals surface area contributed by atoms with Gasteiger partial charge in [-0.1, -0.05) is 12.1 Å². The number of thiophene rings is 1. The largest absolute Gasteiger partial charge is 0.481 e. The van der Waals surface area contributed by atoms with E-state index in [2.05, 4.69) is 23.3 Å². The van der Waals surface area contributed by atoms with Crippen LogP contribution in [0.25, 0.3) is 9.88 Å². The number of hydrogen-bond acceptors (Lipinski definition) is 5. The van der Waals surface area contributed by atoms with Gasteiger partial charge in [0.2, 0.25) is 0 Å². The average molecular weight is 387 g/mol. The van der Waals surface area contributed by atoms with Crippen LogP contribution in [0.3, 0.4) is 0 Å². The van der Waals surface area contributed by atoms with E-state index >= 15 is 0 Å². The number of ether oxygens (including phenoxy) is 1. The predicted molar refractivity (Wildman–Crippen MR) is 108 cm³/mol. The van der Waals surface area contributed by atoms with Crippen molar-refractivity contribution in [1.82, 2.24) is 10.3 Å². The highest BCUT2D eigenvalue weighted by atomic mass is 32.1. The number of aryl methyl sites for hydroxylation is 3. The standard InChI is InChI=1S/C20H22N2O2S2/c1-12-7-8-16(10-13(12)2)24-15(4)19(23)21-11-18-14(3)22-20(26-18)17-6-5-9-25-17/h5-10,15H,11H2,1-4H3,(H,21,23). The van der Waals surface area contributed by atoms with E-state index < -0.39 is 6.10 Å². The minimum absolute atomic E-state index is 0.131. The quantitative estimate of drug-likeness (QED) is 0.657. The van der Waals surface area contributed by atoms with E-state index in [-0.39, 0.29) is 5.91 Å². The summed E-state index contributed by atoms with van der Waals surface area (Å²) in [6.45, 7) is 8.29. The molecule has 0 saturated carbocycles. The fourth-order valence-electron chi connectivity index (χ4n) is 2.45. The summed E-state index contributed by atoms with van der Waals surface area (Å²) < 4.78 is 5.77. The second-order valence-corrected chi connectivity index (χ2v) is 8.26. The lowest BCUT2D eigenvalue weighted by atomic mass is 10.1. The van der Waals surface area contributed by atoms with Crippen molar-refractivity contribution in [2.75, 3.05) is 0 Å². The van der Waals surface area contributed by atoms with E-state index in [0.29, 0.717) is 12.3 Å². The van der Waals surface area contributed by atoms with Gasteiger partial charge in [-0.3, -0.25) is 4.79 Å². The zero-order chi connectivity index (χ0) is 18.7. The molecule has 0 aliphatic carbocycles. The number of hydrogen-bond donors (Lipinski definition) is 1. The van der Waals surface area contributed by atoms with Gasteiger partial charge in [-0.05, 0) is 62.4 Å². The van der Waals surface area contributed by atoms with Crippen LogP contribution in [0, 0.1) is 20.8 Å². The summed E-state index contributed by atoms with van der Waals surface area (Å²) in [6.07, 6.45) is -0.554. The second-order valence-electron chi connectivity index (χ2n) is 6.23. The maximum atomic E-state index is 12.4. The summed E-state index contributed by atoms with van der Waals surface area (Å²) in [4.78, 5) is 19.2. The molecule has 4 nitrogen and oxygen atoms in total. The van der Waals surface area contributed by atoms with Gasteiger partial charge >= 0.3 is 0 Å². The first-order chi connectivity index (χ1) is 12.4. The van der Waals surface area contributed by atoms with E-state index in [1.165, 1.54) is 5.56 Å². The van der Waals surface area contributed by atoms with Crippen molar-refractivity contribution in [1.29, 1.82) is 0 Å². The molecule has 0 radical (unpaired) electrons. The number of carbonyl (C=O) groups excluding carboxylic acids is 1. The Morgan fingerprint density at radius 3 is 2.73 bits per heavy atom. The van der Waals surface area contributed by atoms with Gasteiger partial charge in [0.05, 0.1) is 17.1 Å². The molecule has 26 heavy (non-hydrogen) atoms. The molecular formula is C20H22N2O2S2. The van der Waals surface area contributed by atoms with E-state index in [9.17, 15) is 4.79 Å². The van der Waals surface area contributed by atoms with Gasteiger partial charge in [0.25, 0.3) is 5.91 Å². The van der Waals surface area contributed by atoms with Crippen LogP contribution in [0.15, 0.2) is 35.7 Å². The van der Waals surface area contributed by atoms with Gasteiger partial charge in [-0.15, -0.1) is 22.7 Å². The number of rotatable bonds is 6. The van der Waals surface area contributed by atoms with Gasteiger partial charge in [-0.2, -0.15) is 0 Å². The van der Waals surface area contributed by atoms with Gasteiger partial charge in [0.15, 0.2) is 6.10 Å². The summed E-state index contributed by atoms with van der Waals surface area (Å²) in [6, 6.07) is 9.93. The van der Waals surface area contributed by atoms with Crippen molar-refractivity contribution in [2.24, 2.45) is 0 Å². The third-order valence-corrected chi connectivity index (χ3v) is 6.40. The van der Waals surface area contributed by atoms with Crippen LogP contribution in [0.4, 0.5) is 0 Å². The Labute approximate surface area is 161 Å². The highest BCUT2D eigenvalue weighted by molar-refractivity contribution is 7.21. The predicted octanol–water partition coefficient (Wildman–Crippen LogP) is 4.88. The Kier molecular flexibility index (Phi) is 5.74. The van der Waals surface area contributed by atoms with Crippen LogP contribution >= 0.6 is 22.7 Å². The lowest BCUT2D eigenvalue weighted by Gasteiger charge is -2.15. The third kappa shape index (κ3) is 4.31. The van der Waals surface area contributed by atoms with Crippen LogP contribution < -0.4 is 10.1 Å². The van der Waals surface area contributed by atoms with Crippen LogP contribution in [0.1, 0.15) is 28.6 Å². The van der Waals surface area contributed by atoms with E-state index in [1.807, 2.05) is 43.5 Å². The van der Waals surface area contributed by atoms with Crippen molar-refractivity contribution in [3.05, 3.63) is 57.4 Å². The molecule has 0 bridgehead atoms. The van der Waals surface area contributed by atoms with Crippen molar-refractivity contribution in [3.8, 4) is 15.6 Å². The molecule has 1 aromatic carbocycles. The summed E-state index contributed by atoms with van der Waals surface area (Å²) >= 11 is 3.29. The number of amides is 1. The number of benzene rings is 1. The van der Waals surface area contributed by atoms with Crippen molar-refractivity contribution in [3.63, 3.8) is 0 Å². The Morgan fingerprint density at radius 2 is 2.04 bits per heavy atom. The minimum atomic E-state index is -0.554. The van der Waals surface area contributed by atoms with Crippen LogP contribution in [0.5, 0.6) is 5.75 Å². The smallest absolute Gasteiger partial charge is 0.261 e. The Hall–Kier alpha value is -2.18. The van der Waals surface area contributed by atoms with Crippen molar-refractivity contribution in [2.45, 2.75) is 40.3 Å². The van der Waals surface area contributed by atoms with E-state index in [4.69, 9.17) is 4.74 Å². The van der Waals surface area contributed by atoms with Gasteiger partial charge in [0, 0.05) is 4.88 Å². The molecule has 0 fully saturated rings. The highest BCUT2D eigenvalue weighted by Crippen LogP contribution is 2.31. The molecule has 0 aliphatic rings. The zero-order valence-electron chi connectivity index (χ0n) is 15.3. The second kappa shape index (κ2) is 8.01. The summed E-state index contributed by atoms with van der Waals surface area (Å²) in [5, 5.41) is 6.00. The number of aromatic nitrogens is 1. The molecule has 0 aliphatic heterocycles. The molecule has 0 saturated heterocycles. The molecule has 1 unspecified atom stereocenters. The minimum Gasteiger partial charge on any atom is -0.481 e. The maximum absolute atomic E-state index is 12.4. The van der Waals surface area contributed by atoms with Crippen LogP contribution in [-0.4, -0.2) is 17.0 Å². The normalized spacial score (nSPS) is 12.0. The molecule has 1 atom stereocenters. The van der Waals surface area contributed by atoms with Crippen LogP contribution in [0.2, 0.25) is 0 Å². The molecule has 3 aromatic rings. The molecule has 2 aromatic heterocycles. The van der Waals surface area contributed by atoms with Crippen LogP contribution in [-0.2, 0) is 11.3 Å². The Balaban J connectivity index is 1.59. The molecule has 2 heterocycles. The third-order valence-electron chi connectivity index (χ3n) is 4.21. The molecule has 136 valence electrons. The fourth-order valence-corrected chi connectivity index (χ4v) is 4.25. The SMILES string of the molecule is Cc1ccc(OC(C)C(=O)NCc2sc(-c3cccs3)nc2C)cc1C. The van der Waals surface area contributed by atoms with Gasteiger partial charge in [0.1, 0.15) is 10.8 Å². The molecule has 3 rings (SSSR count). The number of thiazole rings is 1. The molecule has 0 spiro atoms. The Bertz CT molecular complexity index is 901. The first-order valence-corrected chi connectivity index (χ1v) is 10.2. The molecular weight excluding hydrogens is 364 g/mol. The first-order valence-electron chi connectivity index (χ1n) is 8.46. The zero-order valence-corrected chi connectivity index (χ0v) is 17.0. The summed E-state index contributed by atoms with van der Waals surface area (Å²) in [7, 11) is 0. The summed E-state index contributed by atoms with van der Waals surface area (Å²) in [5.41, 5.74) is 3.31. The monoisotopic (exact) mass is 386 g/mol. The fraction of sp³-hybridized carbons (Fsp3) is 0.300. The lowest BCUT2D eigenvalue weighted by Crippen LogP contribution is -2.35. The maximum Gasteiger partial charge on any atom is 0.261 e. The Morgan fingerprint density at radius 1 is 1.23 bits per heavy atom. The highest BCUT2D eigenvalue weighted by Gasteiger charge is 2.16. The molecule has 1 N–H and O–H groups in total. The van der Waals surface area contributed by atoms with Crippen molar-refractivity contribution < 1.29 is 9.53 Å². The number of nitrogens with zero attached hydrogens (tertiary/aromatic N) is 1. The van der Waals surface area contributed by atoms with Gasteiger partial charge in [-0.25, -0.2) is 4.98 Å². The average Bonchev–Trinajstić information content (AvgIpc) is 3.25. The van der Waals surface area contributed by atoms with Gasteiger partial charge < -0.3 is 10.1 Å². The molecule has 6 heteroatoms.